The number of carbonyl (C=O) groups is 2. The van der Waals surface area contributed by atoms with Crippen LogP contribution in [0.4, 0.5) is 0 Å². The molecule has 1 heterocycles. The van der Waals surface area contributed by atoms with Crippen LogP contribution < -0.4 is 10.1 Å². The third-order valence-corrected chi connectivity index (χ3v) is 5.97. The monoisotopic (exact) mass is 434 g/mol. The number of likely N-dealkylation sites (N-methyl/N-ethyl adjacent to an activating group) is 1. The molecule has 2 aromatic carbocycles. The minimum absolute atomic E-state index is 0.00743. The summed E-state index contributed by atoms with van der Waals surface area (Å²) in [5, 5.41) is 3.21. The van der Waals surface area contributed by atoms with Crippen molar-refractivity contribution in [3.8, 4) is 5.75 Å². The summed E-state index contributed by atoms with van der Waals surface area (Å²) >= 11 is 0. The number of amides is 2. The fraction of sp³-hybridized carbons (Fsp3) is 0.407. The molecule has 0 spiro atoms. The van der Waals surface area contributed by atoms with Gasteiger partial charge in [0.2, 0.25) is 5.91 Å². The van der Waals surface area contributed by atoms with E-state index in [1.165, 1.54) is 0 Å². The molecule has 5 heteroatoms. The maximum Gasteiger partial charge on any atom is 0.258 e. The average Bonchev–Trinajstić information content (AvgIpc) is 2.78. The molecule has 32 heavy (non-hydrogen) atoms. The highest BCUT2D eigenvalue weighted by Gasteiger charge is 2.31. The highest BCUT2D eigenvalue weighted by Crippen LogP contribution is 2.24. The first kappa shape index (κ1) is 23.6. The van der Waals surface area contributed by atoms with Gasteiger partial charge in [0.25, 0.3) is 5.91 Å². The van der Waals surface area contributed by atoms with Crippen molar-refractivity contribution < 1.29 is 14.3 Å². The van der Waals surface area contributed by atoms with E-state index >= 15 is 0 Å². The van der Waals surface area contributed by atoms with Crippen LogP contribution in [0.25, 0.3) is 0 Å². The van der Waals surface area contributed by atoms with Crippen molar-refractivity contribution in [3.05, 3.63) is 77.9 Å². The molecule has 0 aromatic heterocycles. The lowest BCUT2D eigenvalue weighted by Crippen LogP contribution is -2.52. The summed E-state index contributed by atoms with van der Waals surface area (Å²) in [6.45, 7) is 6.21. The number of rotatable bonds is 3. The highest BCUT2D eigenvalue weighted by molar-refractivity contribution is 5.99. The van der Waals surface area contributed by atoms with Gasteiger partial charge in [-0.05, 0) is 37.0 Å². The average molecular weight is 435 g/mol. The Morgan fingerprint density at radius 3 is 2.38 bits per heavy atom. The van der Waals surface area contributed by atoms with E-state index in [0.29, 0.717) is 17.7 Å². The van der Waals surface area contributed by atoms with Gasteiger partial charge in [0.05, 0.1) is 11.7 Å². The molecule has 0 saturated heterocycles. The van der Waals surface area contributed by atoms with Crippen molar-refractivity contribution in [1.82, 2.24) is 10.2 Å². The van der Waals surface area contributed by atoms with Crippen LogP contribution in [0.1, 0.15) is 49.5 Å². The van der Waals surface area contributed by atoms with Crippen LogP contribution >= 0.6 is 0 Å². The number of fused-ring (bicyclic) bond motifs is 1. The van der Waals surface area contributed by atoms with Crippen LogP contribution in [-0.4, -0.2) is 41.9 Å². The predicted molar refractivity (Wildman–Crippen MR) is 128 cm³/mol. The van der Waals surface area contributed by atoms with Gasteiger partial charge in [0.15, 0.2) is 0 Å². The zero-order valence-electron chi connectivity index (χ0n) is 19.5. The van der Waals surface area contributed by atoms with Gasteiger partial charge in [-0.15, -0.1) is 0 Å². The summed E-state index contributed by atoms with van der Waals surface area (Å²) < 4.78 is 6.11. The summed E-state index contributed by atoms with van der Waals surface area (Å²) in [4.78, 5) is 28.5. The van der Waals surface area contributed by atoms with Gasteiger partial charge in [-0.3, -0.25) is 9.59 Å². The molecule has 3 atom stereocenters. The Kier molecular flexibility index (Phi) is 8.09. The van der Waals surface area contributed by atoms with Crippen molar-refractivity contribution >= 4 is 11.8 Å². The van der Waals surface area contributed by atoms with Crippen LogP contribution in [-0.2, 0) is 11.2 Å². The van der Waals surface area contributed by atoms with Gasteiger partial charge in [-0.1, -0.05) is 68.5 Å². The maximum absolute atomic E-state index is 13.5. The molecule has 2 aromatic rings. The van der Waals surface area contributed by atoms with Gasteiger partial charge in [-0.25, -0.2) is 0 Å². The molecule has 0 saturated carbocycles. The molecule has 170 valence electrons. The lowest BCUT2D eigenvalue weighted by atomic mass is 9.98. The third-order valence-electron chi connectivity index (χ3n) is 5.97. The van der Waals surface area contributed by atoms with Crippen LogP contribution in [0.3, 0.4) is 0 Å². The Labute approximate surface area is 191 Å². The molecule has 0 fully saturated rings. The van der Waals surface area contributed by atoms with Gasteiger partial charge in [-0.2, -0.15) is 0 Å². The Balaban J connectivity index is 2.00. The second-order valence-electron chi connectivity index (χ2n) is 8.85. The Morgan fingerprint density at radius 1 is 1.00 bits per heavy atom. The van der Waals surface area contributed by atoms with Crippen molar-refractivity contribution in [2.45, 2.75) is 58.2 Å². The second kappa shape index (κ2) is 11.0. The zero-order valence-corrected chi connectivity index (χ0v) is 19.5. The van der Waals surface area contributed by atoms with E-state index in [4.69, 9.17) is 4.74 Å². The molecule has 1 aliphatic heterocycles. The fourth-order valence-corrected chi connectivity index (χ4v) is 3.89. The quantitative estimate of drug-likeness (QED) is 0.717. The Hall–Kier alpha value is -3.08. The molecule has 1 N–H and O–H groups in total. The predicted octanol–water partition coefficient (Wildman–Crippen LogP) is 4.63. The van der Waals surface area contributed by atoms with Crippen LogP contribution in [0.2, 0.25) is 0 Å². The van der Waals surface area contributed by atoms with E-state index in [2.05, 4.69) is 31.3 Å². The van der Waals surface area contributed by atoms with E-state index in [0.717, 1.165) is 18.4 Å². The topological polar surface area (TPSA) is 58.6 Å². The molecule has 0 aliphatic carbocycles. The summed E-state index contributed by atoms with van der Waals surface area (Å²) in [5.41, 5.74) is 1.47. The summed E-state index contributed by atoms with van der Waals surface area (Å²) in [7, 11) is 1.70. The van der Waals surface area contributed by atoms with E-state index < -0.39 is 6.04 Å². The van der Waals surface area contributed by atoms with Crippen molar-refractivity contribution in [2.24, 2.45) is 5.92 Å². The lowest BCUT2D eigenvalue weighted by molar-refractivity contribution is -0.126. The van der Waals surface area contributed by atoms with E-state index in [9.17, 15) is 9.59 Å². The number of nitrogens with zero attached hydrogens (tertiary/aromatic N) is 1. The number of hydrogen-bond acceptors (Lipinski definition) is 3. The first-order valence-electron chi connectivity index (χ1n) is 11.4. The maximum atomic E-state index is 13.5. The number of ether oxygens (including phenoxy) is 1. The standard InChI is InChI=1S/C27H34N2O3/c1-19(2)23-16-10-8-12-20(3)32-25-17-11-9-15-22(25)27(31)29(4)24(26(30)28-23)18-21-13-6-5-7-14-21/h5-11,13-15,17,19-20,23-24H,12,16,18H2,1-4H3,(H,28,30)/b10-8+/t20-,23+,24-/m1/s1. The second-order valence-corrected chi connectivity index (χ2v) is 8.85. The summed E-state index contributed by atoms with van der Waals surface area (Å²) in [6, 6.07) is 16.4. The first-order chi connectivity index (χ1) is 15.4. The number of hydrogen-bond donors (Lipinski definition) is 1. The molecule has 1 aliphatic rings. The van der Waals surface area contributed by atoms with Gasteiger partial charge >= 0.3 is 0 Å². The van der Waals surface area contributed by atoms with Crippen molar-refractivity contribution in [3.63, 3.8) is 0 Å². The molecule has 2 amide bonds. The lowest BCUT2D eigenvalue weighted by Gasteiger charge is -2.31. The SMILES string of the molecule is CC(C)[C@@H]1C/C=C/C[C@@H](C)Oc2ccccc2C(=O)N(C)[C@H](Cc2ccccc2)C(=O)N1. The van der Waals surface area contributed by atoms with Crippen LogP contribution in [0, 0.1) is 5.92 Å². The molecule has 0 bridgehead atoms. The van der Waals surface area contributed by atoms with Crippen LogP contribution in [0.15, 0.2) is 66.7 Å². The van der Waals surface area contributed by atoms with Crippen molar-refractivity contribution in [2.75, 3.05) is 7.05 Å². The smallest absolute Gasteiger partial charge is 0.258 e. The molecule has 3 rings (SSSR count). The van der Waals surface area contributed by atoms with E-state index in [1.807, 2.05) is 55.5 Å². The normalized spacial score (nSPS) is 23.7. The number of nitrogens with one attached hydrogen (secondary N) is 1. The minimum Gasteiger partial charge on any atom is -0.490 e. The molecular formula is C27H34N2O3. The van der Waals surface area contributed by atoms with E-state index in [1.54, 1.807) is 18.0 Å². The zero-order chi connectivity index (χ0) is 23.1. The highest BCUT2D eigenvalue weighted by atomic mass is 16.5. The van der Waals surface area contributed by atoms with Crippen molar-refractivity contribution in [1.29, 1.82) is 0 Å². The largest absolute Gasteiger partial charge is 0.490 e. The minimum atomic E-state index is -0.636. The Bertz CT molecular complexity index is 939. The van der Waals surface area contributed by atoms with Gasteiger partial charge in [0.1, 0.15) is 11.8 Å². The number of carbonyl (C=O) groups excluding carboxylic acids is 2. The number of para-hydroxylation sites is 1. The molecule has 5 nitrogen and oxygen atoms in total. The third kappa shape index (κ3) is 6.00. The summed E-state index contributed by atoms with van der Waals surface area (Å²) in [5.74, 6) is 0.448. The van der Waals surface area contributed by atoms with Gasteiger partial charge < -0.3 is 15.0 Å². The number of benzene rings is 2. The molecule has 0 radical (unpaired) electrons. The van der Waals surface area contributed by atoms with E-state index in [-0.39, 0.29) is 29.9 Å². The van der Waals surface area contributed by atoms with Crippen LogP contribution in [0.5, 0.6) is 5.75 Å². The molecule has 0 unspecified atom stereocenters. The molecular weight excluding hydrogens is 400 g/mol. The Morgan fingerprint density at radius 2 is 1.66 bits per heavy atom. The first-order valence-corrected chi connectivity index (χ1v) is 11.4. The van der Waals surface area contributed by atoms with Gasteiger partial charge in [0, 0.05) is 25.9 Å². The fourth-order valence-electron chi connectivity index (χ4n) is 3.89. The summed E-state index contributed by atoms with van der Waals surface area (Å²) in [6.07, 6.45) is 6.05.